The van der Waals surface area contributed by atoms with Gasteiger partial charge in [0.25, 0.3) is 5.91 Å². The summed E-state index contributed by atoms with van der Waals surface area (Å²) in [7, 11) is 0. The summed E-state index contributed by atoms with van der Waals surface area (Å²) in [4.78, 5) is 20.7. The van der Waals surface area contributed by atoms with Gasteiger partial charge in [-0.3, -0.25) is 9.80 Å². The van der Waals surface area contributed by atoms with Crippen LogP contribution in [0.25, 0.3) is 0 Å². The molecular formula is C37H44ClFN6O. The van der Waals surface area contributed by atoms with E-state index in [4.69, 9.17) is 16.7 Å². The highest BCUT2D eigenvalue weighted by Crippen LogP contribution is 2.46. The van der Waals surface area contributed by atoms with Crippen LogP contribution in [0.4, 0.5) is 10.1 Å². The molecule has 0 saturated carbocycles. The fourth-order valence-corrected chi connectivity index (χ4v) is 6.92. The van der Waals surface area contributed by atoms with E-state index < -0.39 is 0 Å². The van der Waals surface area contributed by atoms with E-state index in [1.807, 2.05) is 34.2 Å². The van der Waals surface area contributed by atoms with Crippen molar-refractivity contribution < 1.29 is 9.18 Å². The van der Waals surface area contributed by atoms with Crippen molar-refractivity contribution in [3.05, 3.63) is 99.3 Å². The van der Waals surface area contributed by atoms with Crippen LogP contribution in [-0.2, 0) is 6.42 Å². The number of nitriles is 1. The Kier molecular flexibility index (Phi) is 11.1. The third-order valence-electron chi connectivity index (χ3n) is 9.56. The van der Waals surface area contributed by atoms with Crippen molar-refractivity contribution in [2.24, 2.45) is 11.0 Å². The van der Waals surface area contributed by atoms with Crippen molar-refractivity contribution in [3.63, 3.8) is 0 Å². The Labute approximate surface area is 277 Å². The molecule has 1 heterocycles. The number of likely N-dealkylation sites (N-methyl/N-ethyl adjacent to an activating group) is 2. The maximum absolute atomic E-state index is 14.0. The number of aryl methyl sites for hydroxylation is 1. The van der Waals surface area contributed by atoms with E-state index in [1.165, 1.54) is 12.1 Å². The lowest BCUT2D eigenvalue weighted by molar-refractivity contribution is 0.0717. The standard InChI is InChI=1S/C37H44ClFN6O/c1-5-42(6-2)19-21-44(22-20-43(7-3)8-4)37(46)28-13-17-32-27(23-28)12-18-33-35(32)41-45(31-16-11-29(25-40)34(38)24-31)36(33)26-9-14-30(39)15-10-26/h9-11,13-17,23-24,33,36H,5-8,12,18-22H2,1-4H3/t33-,36-/m0/s1. The zero-order valence-electron chi connectivity index (χ0n) is 27.3. The number of benzene rings is 3. The number of anilines is 1. The highest BCUT2D eigenvalue weighted by atomic mass is 35.5. The number of rotatable bonds is 13. The molecule has 46 heavy (non-hydrogen) atoms. The topological polar surface area (TPSA) is 66.2 Å². The molecule has 3 aromatic rings. The number of hydrogen-bond donors (Lipinski definition) is 0. The second-order valence-electron chi connectivity index (χ2n) is 12.0. The second kappa shape index (κ2) is 15.2. The summed E-state index contributed by atoms with van der Waals surface area (Å²) in [5.74, 6) is -0.158. The number of hydrogen-bond acceptors (Lipinski definition) is 6. The Hall–Kier alpha value is -3.77. The molecule has 3 aromatic carbocycles. The normalized spacial score (nSPS) is 17.1. The lowest BCUT2D eigenvalue weighted by atomic mass is 9.77. The molecule has 0 bridgehead atoms. The lowest BCUT2D eigenvalue weighted by Gasteiger charge is -2.31. The van der Waals surface area contributed by atoms with E-state index in [0.717, 1.165) is 80.2 Å². The monoisotopic (exact) mass is 642 g/mol. The molecular weight excluding hydrogens is 599 g/mol. The van der Waals surface area contributed by atoms with Gasteiger partial charge in [0.1, 0.15) is 11.9 Å². The first-order valence-corrected chi connectivity index (χ1v) is 16.9. The van der Waals surface area contributed by atoms with Gasteiger partial charge in [0.15, 0.2) is 0 Å². The summed E-state index contributed by atoms with van der Waals surface area (Å²) in [5, 5.41) is 16.9. The van der Waals surface area contributed by atoms with Crippen LogP contribution in [-0.4, -0.2) is 78.7 Å². The molecule has 2 aliphatic rings. The highest BCUT2D eigenvalue weighted by molar-refractivity contribution is 6.32. The lowest BCUT2D eigenvalue weighted by Crippen LogP contribution is -2.43. The summed E-state index contributed by atoms with van der Waals surface area (Å²) < 4.78 is 13.9. The smallest absolute Gasteiger partial charge is 0.253 e. The van der Waals surface area contributed by atoms with E-state index in [2.05, 4.69) is 55.7 Å². The fourth-order valence-electron chi connectivity index (χ4n) is 6.71. The molecule has 7 nitrogen and oxygen atoms in total. The SMILES string of the molecule is CCN(CC)CCN(CCN(CC)CC)C(=O)c1ccc2c(c1)CC[C@H]1C2=NN(c2ccc(C#N)c(Cl)c2)[C@H]1c1ccc(F)cc1. The number of carbonyl (C=O) groups excluding carboxylic acids is 1. The first-order valence-electron chi connectivity index (χ1n) is 16.5. The van der Waals surface area contributed by atoms with Gasteiger partial charge in [0, 0.05) is 43.2 Å². The van der Waals surface area contributed by atoms with E-state index in [0.29, 0.717) is 29.2 Å². The Morgan fingerprint density at radius 2 is 1.59 bits per heavy atom. The van der Waals surface area contributed by atoms with Gasteiger partial charge in [-0.15, -0.1) is 0 Å². The van der Waals surface area contributed by atoms with Gasteiger partial charge in [-0.1, -0.05) is 57.5 Å². The zero-order valence-corrected chi connectivity index (χ0v) is 28.1. The summed E-state index contributed by atoms with van der Waals surface area (Å²) >= 11 is 6.45. The van der Waals surface area contributed by atoms with Gasteiger partial charge >= 0.3 is 0 Å². The molecule has 9 heteroatoms. The van der Waals surface area contributed by atoms with Crippen molar-refractivity contribution in [1.29, 1.82) is 5.26 Å². The molecule has 0 fully saturated rings. The molecule has 1 aliphatic heterocycles. The molecule has 2 atom stereocenters. The number of carbonyl (C=O) groups is 1. The van der Waals surface area contributed by atoms with Crippen molar-refractivity contribution in [2.75, 3.05) is 57.4 Å². The largest absolute Gasteiger partial charge is 0.336 e. The Morgan fingerprint density at radius 3 is 2.17 bits per heavy atom. The Morgan fingerprint density at radius 1 is 0.935 bits per heavy atom. The Balaban J connectivity index is 1.46. The maximum Gasteiger partial charge on any atom is 0.253 e. The van der Waals surface area contributed by atoms with Crippen LogP contribution < -0.4 is 5.01 Å². The van der Waals surface area contributed by atoms with Gasteiger partial charge in [-0.25, -0.2) is 4.39 Å². The summed E-state index contributed by atoms with van der Waals surface area (Å²) in [6.07, 6.45) is 1.64. The predicted molar refractivity (Wildman–Crippen MR) is 184 cm³/mol. The van der Waals surface area contributed by atoms with Gasteiger partial charge in [-0.05, 0) is 92.6 Å². The molecule has 0 spiro atoms. The quantitative estimate of drug-likeness (QED) is 0.201. The fraction of sp³-hybridized carbons (Fsp3) is 0.432. The molecule has 1 amide bonds. The van der Waals surface area contributed by atoms with E-state index in [9.17, 15) is 14.4 Å². The van der Waals surface area contributed by atoms with Crippen LogP contribution in [0.3, 0.4) is 0 Å². The van der Waals surface area contributed by atoms with Crippen LogP contribution in [0.15, 0.2) is 65.8 Å². The number of hydrazone groups is 1. The van der Waals surface area contributed by atoms with Gasteiger partial charge in [-0.2, -0.15) is 10.4 Å². The molecule has 0 N–H and O–H groups in total. The molecule has 242 valence electrons. The van der Waals surface area contributed by atoms with Crippen molar-refractivity contribution in [1.82, 2.24) is 14.7 Å². The summed E-state index contributed by atoms with van der Waals surface area (Å²) in [6, 6.07) is 20.0. The third kappa shape index (κ3) is 7.12. The number of amides is 1. The third-order valence-corrected chi connectivity index (χ3v) is 9.87. The molecule has 0 radical (unpaired) electrons. The van der Waals surface area contributed by atoms with Crippen LogP contribution in [0, 0.1) is 23.1 Å². The van der Waals surface area contributed by atoms with Crippen molar-refractivity contribution in [3.8, 4) is 6.07 Å². The number of nitrogens with zero attached hydrogens (tertiary/aromatic N) is 6. The van der Waals surface area contributed by atoms with Crippen LogP contribution >= 0.6 is 11.6 Å². The number of halogens is 2. The van der Waals surface area contributed by atoms with Crippen LogP contribution in [0.1, 0.15) is 72.8 Å². The van der Waals surface area contributed by atoms with E-state index >= 15 is 0 Å². The Bertz CT molecular complexity index is 1580. The minimum Gasteiger partial charge on any atom is -0.336 e. The van der Waals surface area contributed by atoms with Gasteiger partial charge < -0.3 is 14.7 Å². The summed E-state index contributed by atoms with van der Waals surface area (Å²) in [6.45, 7) is 15.5. The first kappa shape index (κ1) is 33.6. The predicted octanol–water partition coefficient (Wildman–Crippen LogP) is 7.00. The van der Waals surface area contributed by atoms with Gasteiger partial charge in [0.2, 0.25) is 0 Å². The van der Waals surface area contributed by atoms with Crippen LogP contribution in [0.2, 0.25) is 5.02 Å². The highest BCUT2D eigenvalue weighted by Gasteiger charge is 2.42. The molecule has 0 unspecified atom stereocenters. The van der Waals surface area contributed by atoms with Crippen molar-refractivity contribution in [2.45, 2.75) is 46.6 Å². The van der Waals surface area contributed by atoms with Gasteiger partial charge in [0.05, 0.1) is 28.0 Å². The first-order chi connectivity index (χ1) is 22.3. The second-order valence-corrected chi connectivity index (χ2v) is 12.4. The average Bonchev–Trinajstić information content (AvgIpc) is 3.48. The molecule has 0 saturated heterocycles. The zero-order chi connectivity index (χ0) is 32.8. The minimum atomic E-state index is -0.287. The van der Waals surface area contributed by atoms with Crippen LogP contribution in [0.5, 0.6) is 0 Å². The average molecular weight is 643 g/mol. The van der Waals surface area contributed by atoms with Crippen molar-refractivity contribution >= 4 is 28.9 Å². The number of fused-ring (bicyclic) bond motifs is 3. The minimum absolute atomic E-state index is 0.0635. The van der Waals surface area contributed by atoms with E-state index in [-0.39, 0.29) is 23.7 Å². The van der Waals surface area contributed by atoms with E-state index in [1.54, 1.807) is 12.1 Å². The molecule has 5 rings (SSSR count). The maximum atomic E-state index is 14.0. The molecule has 0 aromatic heterocycles. The molecule has 1 aliphatic carbocycles. The summed E-state index contributed by atoms with van der Waals surface area (Å²) in [5.41, 5.74) is 5.95.